The second kappa shape index (κ2) is 9.99. The van der Waals surface area contributed by atoms with Crippen LogP contribution in [0.5, 0.6) is 0 Å². The van der Waals surface area contributed by atoms with Gasteiger partial charge in [0.25, 0.3) is 0 Å². The molecule has 1 saturated heterocycles. The third-order valence-electron chi connectivity index (χ3n) is 4.73. The fraction of sp³-hybridized carbons (Fsp3) is 0.550. The van der Waals surface area contributed by atoms with E-state index in [0.717, 1.165) is 0 Å². The molecule has 1 aliphatic heterocycles. The molecule has 1 N–H and O–H groups in total. The van der Waals surface area contributed by atoms with Crippen LogP contribution in [0.25, 0.3) is 11.2 Å². The largest absolute Gasteiger partial charge is 0.463 e. The van der Waals surface area contributed by atoms with Gasteiger partial charge in [-0.1, -0.05) is 0 Å². The second-order valence-corrected chi connectivity index (χ2v) is 7.79. The summed E-state index contributed by atoms with van der Waals surface area (Å²) in [6, 6.07) is 0. The SMILES string of the molecule is CC(=O)Nc1nc(N(C)C)c2ncn([C@@H]3O[C@H](COC(C)=O)[C@@H](OC(C)=O)[C@H]3OC(C)=O)c2n1. The summed E-state index contributed by atoms with van der Waals surface area (Å²) in [6.45, 7) is 4.70. The summed E-state index contributed by atoms with van der Waals surface area (Å²) in [6.07, 6.45) is -2.77. The maximum atomic E-state index is 11.9. The predicted octanol–water partition coefficient (Wildman–Crippen LogP) is 0.175. The van der Waals surface area contributed by atoms with Crippen LogP contribution in [-0.2, 0) is 38.1 Å². The Morgan fingerprint density at radius 3 is 2.24 bits per heavy atom. The van der Waals surface area contributed by atoms with Gasteiger partial charge in [-0.25, -0.2) is 4.98 Å². The first-order valence-electron chi connectivity index (χ1n) is 10.3. The lowest BCUT2D eigenvalue weighted by atomic mass is 10.1. The average molecular weight is 478 g/mol. The fourth-order valence-corrected chi connectivity index (χ4v) is 3.53. The molecule has 0 saturated carbocycles. The summed E-state index contributed by atoms with van der Waals surface area (Å²) < 4.78 is 23.4. The summed E-state index contributed by atoms with van der Waals surface area (Å²) in [5.41, 5.74) is 0.649. The Hall–Kier alpha value is -3.81. The Bertz CT molecular complexity index is 1120. The number of hydrogen-bond donors (Lipinski definition) is 1. The molecule has 0 aromatic carbocycles. The van der Waals surface area contributed by atoms with Crippen molar-refractivity contribution in [3.05, 3.63) is 6.33 Å². The molecule has 14 heteroatoms. The van der Waals surface area contributed by atoms with E-state index in [4.69, 9.17) is 18.9 Å². The minimum atomic E-state index is -1.11. The van der Waals surface area contributed by atoms with Gasteiger partial charge in [0, 0.05) is 41.8 Å². The van der Waals surface area contributed by atoms with Gasteiger partial charge in [-0.2, -0.15) is 9.97 Å². The summed E-state index contributed by atoms with van der Waals surface area (Å²) in [4.78, 5) is 61.4. The molecule has 3 heterocycles. The van der Waals surface area contributed by atoms with Crippen molar-refractivity contribution in [2.75, 3.05) is 30.9 Å². The van der Waals surface area contributed by atoms with Gasteiger partial charge in [-0.15, -0.1) is 0 Å². The summed E-state index contributed by atoms with van der Waals surface area (Å²) in [5, 5.41) is 2.54. The molecule has 3 rings (SSSR count). The number of nitrogens with zero attached hydrogens (tertiary/aromatic N) is 5. The molecule has 184 valence electrons. The minimum absolute atomic E-state index is 0.0282. The summed E-state index contributed by atoms with van der Waals surface area (Å²) in [7, 11) is 3.50. The van der Waals surface area contributed by atoms with Gasteiger partial charge in [0.05, 0.1) is 6.33 Å². The lowest BCUT2D eigenvalue weighted by Gasteiger charge is -2.23. The number of carbonyl (C=O) groups is 4. The highest BCUT2D eigenvalue weighted by molar-refractivity contribution is 5.90. The van der Waals surface area contributed by atoms with Crippen molar-refractivity contribution >= 4 is 46.7 Å². The van der Waals surface area contributed by atoms with Gasteiger partial charge in [-0.05, 0) is 0 Å². The number of fused-ring (bicyclic) bond motifs is 1. The lowest BCUT2D eigenvalue weighted by molar-refractivity contribution is -0.166. The summed E-state index contributed by atoms with van der Waals surface area (Å²) in [5.74, 6) is -1.77. The van der Waals surface area contributed by atoms with Crippen LogP contribution in [0.15, 0.2) is 6.33 Å². The zero-order chi connectivity index (χ0) is 25.2. The average Bonchev–Trinajstić information content (AvgIpc) is 3.26. The fourth-order valence-electron chi connectivity index (χ4n) is 3.53. The number of imidazole rings is 1. The third-order valence-corrected chi connectivity index (χ3v) is 4.73. The molecule has 0 radical (unpaired) electrons. The summed E-state index contributed by atoms with van der Waals surface area (Å²) >= 11 is 0. The van der Waals surface area contributed by atoms with E-state index in [1.54, 1.807) is 19.0 Å². The van der Waals surface area contributed by atoms with Crippen LogP contribution in [0.2, 0.25) is 0 Å². The van der Waals surface area contributed by atoms with Crippen LogP contribution in [0.1, 0.15) is 33.9 Å². The van der Waals surface area contributed by atoms with Gasteiger partial charge < -0.3 is 23.8 Å². The van der Waals surface area contributed by atoms with Crippen LogP contribution in [0.3, 0.4) is 0 Å². The van der Waals surface area contributed by atoms with Crippen molar-refractivity contribution in [1.29, 1.82) is 0 Å². The van der Waals surface area contributed by atoms with Crippen molar-refractivity contribution in [1.82, 2.24) is 19.5 Å². The molecular formula is C20H26N6O8. The molecule has 0 aliphatic carbocycles. The van der Waals surface area contributed by atoms with Crippen LogP contribution in [0.4, 0.5) is 11.8 Å². The van der Waals surface area contributed by atoms with Crippen molar-refractivity contribution in [3.8, 4) is 0 Å². The van der Waals surface area contributed by atoms with E-state index >= 15 is 0 Å². The zero-order valence-corrected chi connectivity index (χ0v) is 19.6. The number of nitrogens with one attached hydrogen (secondary N) is 1. The van der Waals surface area contributed by atoms with Gasteiger partial charge in [-0.3, -0.25) is 29.1 Å². The Labute approximate surface area is 194 Å². The highest BCUT2D eigenvalue weighted by atomic mass is 16.7. The third kappa shape index (κ3) is 5.39. The number of aromatic nitrogens is 4. The number of ether oxygens (including phenoxy) is 4. The van der Waals surface area contributed by atoms with Crippen molar-refractivity contribution < 1.29 is 38.1 Å². The molecule has 1 aliphatic rings. The van der Waals surface area contributed by atoms with Crippen molar-refractivity contribution in [2.24, 2.45) is 0 Å². The molecule has 34 heavy (non-hydrogen) atoms. The Morgan fingerprint density at radius 1 is 1.03 bits per heavy atom. The maximum Gasteiger partial charge on any atom is 0.303 e. The number of carbonyl (C=O) groups excluding carboxylic acids is 4. The van der Waals surface area contributed by atoms with Gasteiger partial charge >= 0.3 is 17.9 Å². The highest BCUT2D eigenvalue weighted by Gasteiger charge is 2.51. The predicted molar refractivity (Wildman–Crippen MR) is 116 cm³/mol. The lowest BCUT2D eigenvalue weighted by Crippen LogP contribution is -2.40. The molecule has 4 atom stereocenters. The smallest absolute Gasteiger partial charge is 0.303 e. The van der Waals surface area contributed by atoms with E-state index in [9.17, 15) is 19.2 Å². The van der Waals surface area contributed by atoms with E-state index in [1.165, 1.54) is 38.6 Å². The zero-order valence-electron chi connectivity index (χ0n) is 19.6. The minimum Gasteiger partial charge on any atom is -0.463 e. The first-order chi connectivity index (χ1) is 16.0. The Balaban J connectivity index is 2.12. The van der Waals surface area contributed by atoms with Crippen LogP contribution < -0.4 is 10.2 Å². The first-order valence-corrected chi connectivity index (χ1v) is 10.3. The molecule has 1 amide bonds. The van der Waals surface area contributed by atoms with Crippen molar-refractivity contribution in [2.45, 2.75) is 52.2 Å². The van der Waals surface area contributed by atoms with E-state index in [0.29, 0.717) is 11.3 Å². The van der Waals surface area contributed by atoms with Gasteiger partial charge in [0.2, 0.25) is 11.9 Å². The first kappa shape index (κ1) is 24.8. The number of rotatable bonds is 7. The van der Waals surface area contributed by atoms with Gasteiger partial charge in [0.15, 0.2) is 35.4 Å². The number of amides is 1. The van der Waals surface area contributed by atoms with Gasteiger partial charge in [0.1, 0.15) is 12.7 Å². The topological polar surface area (TPSA) is 164 Å². The Kier molecular flexibility index (Phi) is 7.29. The van der Waals surface area contributed by atoms with E-state index in [2.05, 4.69) is 20.3 Å². The molecule has 0 unspecified atom stereocenters. The standard InChI is InChI=1S/C20H26N6O8/c1-9(27)22-20-23-17(25(5)6)14-18(24-20)26(8-21-14)19-16(33-12(4)30)15(32-11(3)29)13(34-19)7-31-10(2)28/h8,13,15-16,19H,7H2,1-6H3,(H,22,23,24,27)/t13-,15-,16-,19-/m1/s1. The maximum absolute atomic E-state index is 11.9. The highest BCUT2D eigenvalue weighted by Crippen LogP contribution is 2.37. The molecule has 2 aromatic rings. The van der Waals surface area contributed by atoms with Crippen molar-refractivity contribution in [3.63, 3.8) is 0 Å². The normalized spacial score (nSPS) is 21.7. The number of esters is 3. The molecule has 14 nitrogen and oxygen atoms in total. The van der Waals surface area contributed by atoms with E-state index < -0.39 is 42.4 Å². The quantitative estimate of drug-likeness (QED) is 0.424. The number of hydrogen-bond acceptors (Lipinski definition) is 12. The Morgan fingerprint density at radius 2 is 1.68 bits per heavy atom. The molecule has 1 fully saturated rings. The van der Waals surface area contributed by atoms with E-state index in [1.807, 2.05) is 0 Å². The molecule has 2 aromatic heterocycles. The molecule has 0 bridgehead atoms. The van der Waals surface area contributed by atoms with Crippen LogP contribution in [-0.4, -0.2) is 82.3 Å². The number of anilines is 2. The van der Waals surface area contributed by atoms with E-state index in [-0.39, 0.29) is 24.1 Å². The van der Waals surface area contributed by atoms with Crippen LogP contribution >= 0.6 is 0 Å². The molecule has 0 spiro atoms. The van der Waals surface area contributed by atoms with Crippen LogP contribution in [0, 0.1) is 0 Å². The molecular weight excluding hydrogens is 452 g/mol. The monoisotopic (exact) mass is 478 g/mol. The second-order valence-electron chi connectivity index (χ2n) is 7.79.